The van der Waals surface area contributed by atoms with Crippen molar-refractivity contribution in [2.45, 2.75) is 32.1 Å². The van der Waals surface area contributed by atoms with Gasteiger partial charge in [-0.3, -0.25) is 4.79 Å². The lowest BCUT2D eigenvalue weighted by Crippen LogP contribution is -2.48. The predicted octanol–water partition coefficient (Wildman–Crippen LogP) is 0.887. The molecule has 0 unspecified atom stereocenters. The fourth-order valence-corrected chi connectivity index (χ4v) is 1.43. The summed E-state index contributed by atoms with van der Waals surface area (Å²) in [6.07, 6.45) is 2.57. The Balaban J connectivity index is 2.35. The molecular weight excluding hydrogens is 190 g/mol. The van der Waals surface area contributed by atoms with E-state index in [9.17, 15) is 13.6 Å². The maximum absolute atomic E-state index is 12.7. The highest BCUT2D eigenvalue weighted by molar-refractivity contribution is 5.83. The molecule has 1 fully saturated rings. The SMILES string of the molecule is CC1(C(=O)NCC(F)(F)CN)CCC1. The second kappa shape index (κ2) is 3.81. The summed E-state index contributed by atoms with van der Waals surface area (Å²) in [6, 6.07) is 0. The van der Waals surface area contributed by atoms with Crippen LogP contribution in [0, 0.1) is 5.41 Å². The molecule has 14 heavy (non-hydrogen) atoms. The van der Waals surface area contributed by atoms with Crippen molar-refractivity contribution in [1.29, 1.82) is 0 Å². The van der Waals surface area contributed by atoms with Crippen molar-refractivity contribution >= 4 is 5.91 Å². The Labute approximate surface area is 82.0 Å². The molecule has 0 atom stereocenters. The molecule has 1 rings (SSSR count). The average Bonchev–Trinajstić information content (AvgIpc) is 2.10. The zero-order chi connectivity index (χ0) is 10.8. The molecule has 82 valence electrons. The van der Waals surface area contributed by atoms with Crippen LogP contribution >= 0.6 is 0 Å². The average molecular weight is 206 g/mol. The van der Waals surface area contributed by atoms with E-state index in [0.717, 1.165) is 19.3 Å². The predicted molar refractivity (Wildman–Crippen MR) is 49.0 cm³/mol. The summed E-state index contributed by atoms with van der Waals surface area (Å²) in [5.74, 6) is -3.27. The lowest BCUT2D eigenvalue weighted by atomic mass is 9.70. The van der Waals surface area contributed by atoms with Crippen LogP contribution in [0.3, 0.4) is 0 Å². The molecule has 0 aromatic rings. The molecule has 3 N–H and O–H groups in total. The van der Waals surface area contributed by atoms with E-state index in [-0.39, 0.29) is 5.91 Å². The minimum Gasteiger partial charge on any atom is -0.350 e. The third-order valence-electron chi connectivity index (χ3n) is 2.81. The molecular formula is C9H16F2N2O. The van der Waals surface area contributed by atoms with Gasteiger partial charge in [0.15, 0.2) is 0 Å². The minimum absolute atomic E-state index is 0.281. The summed E-state index contributed by atoms with van der Waals surface area (Å²) in [7, 11) is 0. The minimum atomic E-state index is -2.99. The first kappa shape index (κ1) is 11.4. The number of alkyl halides is 2. The molecule has 1 amide bonds. The maximum Gasteiger partial charge on any atom is 0.277 e. The van der Waals surface area contributed by atoms with Crippen molar-refractivity contribution in [3.63, 3.8) is 0 Å². The van der Waals surface area contributed by atoms with Crippen LogP contribution in [0.4, 0.5) is 8.78 Å². The van der Waals surface area contributed by atoms with E-state index in [2.05, 4.69) is 5.32 Å². The Morgan fingerprint density at radius 1 is 1.57 bits per heavy atom. The number of rotatable bonds is 4. The first-order chi connectivity index (χ1) is 6.40. The van der Waals surface area contributed by atoms with Crippen molar-refractivity contribution < 1.29 is 13.6 Å². The molecule has 1 aliphatic rings. The zero-order valence-electron chi connectivity index (χ0n) is 8.28. The Kier molecular flexibility index (Phi) is 3.09. The smallest absolute Gasteiger partial charge is 0.277 e. The van der Waals surface area contributed by atoms with E-state index >= 15 is 0 Å². The highest BCUT2D eigenvalue weighted by Crippen LogP contribution is 2.40. The number of nitrogens with two attached hydrogens (primary N) is 1. The van der Waals surface area contributed by atoms with Crippen molar-refractivity contribution in [3.8, 4) is 0 Å². The fraction of sp³-hybridized carbons (Fsp3) is 0.889. The molecule has 0 spiro atoms. The van der Waals surface area contributed by atoms with E-state index in [1.807, 2.05) is 0 Å². The number of carbonyl (C=O) groups excluding carboxylic acids is 1. The van der Waals surface area contributed by atoms with Crippen molar-refractivity contribution in [3.05, 3.63) is 0 Å². The monoisotopic (exact) mass is 206 g/mol. The molecule has 3 nitrogen and oxygen atoms in total. The number of hydrogen-bond donors (Lipinski definition) is 2. The summed E-state index contributed by atoms with van der Waals surface area (Å²) >= 11 is 0. The summed E-state index contributed by atoms with van der Waals surface area (Å²) in [6.45, 7) is 0.411. The van der Waals surface area contributed by atoms with E-state index in [0.29, 0.717) is 0 Å². The lowest BCUT2D eigenvalue weighted by Gasteiger charge is -2.36. The van der Waals surface area contributed by atoms with Crippen LogP contribution < -0.4 is 11.1 Å². The van der Waals surface area contributed by atoms with Gasteiger partial charge in [-0.25, -0.2) is 8.78 Å². The van der Waals surface area contributed by atoms with Gasteiger partial charge >= 0.3 is 0 Å². The van der Waals surface area contributed by atoms with Gasteiger partial charge in [-0.15, -0.1) is 0 Å². The Hall–Kier alpha value is -0.710. The number of amides is 1. The van der Waals surface area contributed by atoms with E-state index in [1.165, 1.54) is 0 Å². The molecule has 0 aliphatic heterocycles. The van der Waals surface area contributed by atoms with Gasteiger partial charge in [0.1, 0.15) is 0 Å². The first-order valence-corrected chi connectivity index (χ1v) is 4.76. The first-order valence-electron chi connectivity index (χ1n) is 4.76. The van der Waals surface area contributed by atoms with Crippen LogP contribution in [0.2, 0.25) is 0 Å². The van der Waals surface area contributed by atoms with Gasteiger partial charge in [-0.2, -0.15) is 0 Å². The molecule has 0 saturated heterocycles. The summed E-state index contributed by atoms with van der Waals surface area (Å²) in [5.41, 5.74) is 4.42. The Bertz CT molecular complexity index is 227. The Morgan fingerprint density at radius 3 is 2.50 bits per heavy atom. The molecule has 0 aromatic carbocycles. The van der Waals surface area contributed by atoms with Crippen LogP contribution in [-0.4, -0.2) is 24.9 Å². The van der Waals surface area contributed by atoms with Gasteiger partial charge in [-0.1, -0.05) is 13.3 Å². The second-order valence-corrected chi connectivity index (χ2v) is 4.16. The molecule has 0 heterocycles. The number of halogens is 2. The van der Waals surface area contributed by atoms with Gasteiger partial charge in [0.2, 0.25) is 5.91 Å². The fourth-order valence-electron chi connectivity index (χ4n) is 1.43. The number of nitrogens with one attached hydrogen (secondary N) is 1. The molecule has 5 heteroatoms. The van der Waals surface area contributed by atoms with Crippen LogP contribution in [0.15, 0.2) is 0 Å². The van der Waals surface area contributed by atoms with E-state index < -0.39 is 24.4 Å². The number of carbonyl (C=O) groups is 1. The van der Waals surface area contributed by atoms with Crippen molar-refractivity contribution in [2.75, 3.05) is 13.1 Å². The van der Waals surface area contributed by atoms with Gasteiger partial charge in [0, 0.05) is 5.41 Å². The molecule has 1 saturated carbocycles. The maximum atomic E-state index is 12.7. The highest BCUT2D eigenvalue weighted by atomic mass is 19.3. The van der Waals surface area contributed by atoms with Crippen molar-refractivity contribution in [2.24, 2.45) is 11.1 Å². The highest BCUT2D eigenvalue weighted by Gasteiger charge is 2.40. The summed E-state index contributed by atoms with van der Waals surface area (Å²) in [4.78, 5) is 11.4. The molecule has 0 aromatic heterocycles. The van der Waals surface area contributed by atoms with Crippen LogP contribution in [0.1, 0.15) is 26.2 Å². The van der Waals surface area contributed by atoms with Gasteiger partial charge in [-0.05, 0) is 12.8 Å². The molecule has 0 bridgehead atoms. The molecule has 1 aliphatic carbocycles. The Morgan fingerprint density at radius 2 is 2.14 bits per heavy atom. The normalized spacial score (nSPS) is 20.0. The number of hydrogen-bond acceptors (Lipinski definition) is 2. The second-order valence-electron chi connectivity index (χ2n) is 4.16. The van der Waals surface area contributed by atoms with Crippen LogP contribution in [0.25, 0.3) is 0 Å². The summed E-state index contributed by atoms with van der Waals surface area (Å²) < 4.78 is 25.4. The van der Waals surface area contributed by atoms with Gasteiger partial charge in [0.25, 0.3) is 5.92 Å². The lowest BCUT2D eigenvalue weighted by molar-refractivity contribution is -0.136. The standard InChI is InChI=1S/C9H16F2N2O/c1-8(3-2-4-8)7(14)13-6-9(10,11)5-12/h2-6,12H2,1H3,(H,13,14). The van der Waals surface area contributed by atoms with Crippen molar-refractivity contribution in [1.82, 2.24) is 5.32 Å². The molecule has 0 radical (unpaired) electrons. The van der Waals surface area contributed by atoms with Crippen LogP contribution in [-0.2, 0) is 4.79 Å². The van der Waals surface area contributed by atoms with E-state index in [4.69, 9.17) is 5.73 Å². The topological polar surface area (TPSA) is 55.1 Å². The van der Waals surface area contributed by atoms with E-state index in [1.54, 1.807) is 6.92 Å². The van der Waals surface area contributed by atoms with Gasteiger partial charge in [0.05, 0.1) is 13.1 Å². The quantitative estimate of drug-likeness (QED) is 0.717. The van der Waals surface area contributed by atoms with Gasteiger partial charge < -0.3 is 11.1 Å². The third kappa shape index (κ3) is 2.41. The largest absolute Gasteiger partial charge is 0.350 e. The van der Waals surface area contributed by atoms with Crippen LogP contribution in [0.5, 0.6) is 0 Å². The summed E-state index contributed by atoms with van der Waals surface area (Å²) in [5, 5.41) is 2.25. The third-order valence-corrected chi connectivity index (χ3v) is 2.81. The zero-order valence-corrected chi connectivity index (χ0v) is 8.28.